The molecule has 2 rings (SSSR count). The van der Waals surface area contributed by atoms with E-state index in [1.807, 2.05) is 12.1 Å². The first-order valence-corrected chi connectivity index (χ1v) is 7.47. The predicted octanol–water partition coefficient (Wildman–Crippen LogP) is 4.61. The van der Waals surface area contributed by atoms with Gasteiger partial charge in [-0.3, -0.25) is 0 Å². The summed E-state index contributed by atoms with van der Waals surface area (Å²) in [5.41, 5.74) is 8.06. The van der Waals surface area contributed by atoms with Crippen LogP contribution in [0.25, 0.3) is 0 Å². The Morgan fingerprint density at radius 2 is 1.95 bits per heavy atom. The number of hydrogen-bond donors (Lipinski definition) is 2. The topological polar surface area (TPSA) is 64.3 Å². The van der Waals surface area contributed by atoms with Gasteiger partial charge in [-0.15, -0.1) is 0 Å². The van der Waals surface area contributed by atoms with Gasteiger partial charge in [0.1, 0.15) is 0 Å². The average molecular weight is 370 g/mol. The molecule has 2 aromatic rings. The molecule has 0 spiro atoms. The van der Waals surface area contributed by atoms with Crippen LogP contribution in [0.2, 0.25) is 5.02 Å². The molecule has 3 N–H and O–H groups in total. The molecule has 0 amide bonds. The van der Waals surface area contributed by atoms with Gasteiger partial charge in [0.2, 0.25) is 0 Å². The molecule has 4 nitrogen and oxygen atoms in total. The number of carbonyl (C=O) groups is 1. The minimum atomic E-state index is -0.438. The lowest BCUT2D eigenvalue weighted by atomic mass is 10.1. The van der Waals surface area contributed by atoms with E-state index in [4.69, 9.17) is 22.1 Å². The second kappa shape index (κ2) is 6.83. The van der Waals surface area contributed by atoms with Crippen molar-refractivity contribution in [2.75, 3.05) is 17.7 Å². The van der Waals surface area contributed by atoms with Crippen LogP contribution >= 0.6 is 27.5 Å². The molecule has 0 saturated carbocycles. The molecule has 6 heteroatoms. The molecule has 0 aliphatic rings. The quantitative estimate of drug-likeness (QED) is 0.610. The second-order valence-electron chi connectivity index (χ2n) is 4.28. The number of halogens is 2. The summed E-state index contributed by atoms with van der Waals surface area (Å²) in [5, 5.41) is 3.77. The zero-order valence-corrected chi connectivity index (χ0v) is 13.7. The molecule has 110 valence electrons. The van der Waals surface area contributed by atoms with Crippen molar-refractivity contribution in [3.63, 3.8) is 0 Å². The van der Waals surface area contributed by atoms with Crippen LogP contribution in [0.3, 0.4) is 0 Å². The number of rotatable bonds is 4. The molecule has 0 unspecified atom stereocenters. The summed E-state index contributed by atoms with van der Waals surface area (Å²) in [6, 6.07) is 10.6. The highest BCUT2D eigenvalue weighted by atomic mass is 79.9. The molecule has 0 atom stereocenters. The Kier molecular flexibility index (Phi) is 5.09. The number of nitrogens with one attached hydrogen (secondary N) is 1. The van der Waals surface area contributed by atoms with Crippen molar-refractivity contribution in [2.45, 2.75) is 6.92 Å². The number of esters is 1. The van der Waals surface area contributed by atoms with Crippen LogP contribution in [0.5, 0.6) is 0 Å². The molecular weight excluding hydrogens is 356 g/mol. The molecule has 21 heavy (non-hydrogen) atoms. The Hall–Kier alpha value is -1.72. The summed E-state index contributed by atoms with van der Waals surface area (Å²) in [6.45, 7) is 2.05. The maximum Gasteiger partial charge on any atom is 0.340 e. The Labute approximate surface area is 136 Å². The van der Waals surface area contributed by atoms with Crippen LogP contribution in [0.15, 0.2) is 40.9 Å². The van der Waals surface area contributed by atoms with Gasteiger partial charge in [-0.2, -0.15) is 0 Å². The third kappa shape index (κ3) is 3.89. The van der Waals surface area contributed by atoms with Crippen molar-refractivity contribution >= 4 is 50.6 Å². The molecule has 0 aliphatic heterocycles. The number of nitrogen functional groups attached to an aromatic ring is 1. The largest absolute Gasteiger partial charge is 0.462 e. The summed E-state index contributed by atoms with van der Waals surface area (Å²) in [6.07, 6.45) is 0. The molecule has 0 heterocycles. The number of carbonyl (C=O) groups excluding carboxylic acids is 1. The smallest absolute Gasteiger partial charge is 0.340 e. The van der Waals surface area contributed by atoms with E-state index in [2.05, 4.69) is 21.2 Å². The normalized spacial score (nSPS) is 10.2. The van der Waals surface area contributed by atoms with E-state index in [-0.39, 0.29) is 0 Å². The summed E-state index contributed by atoms with van der Waals surface area (Å²) >= 11 is 9.38. The fourth-order valence-electron chi connectivity index (χ4n) is 1.76. The fourth-order valence-corrected chi connectivity index (χ4v) is 2.19. The highest BCUT2D eigenvalue weighted by Crippen LogP contribution is 2.28. The van der Waals surface area contributed by atoms with Crippen LogP contribution in [0.4, 0.5) is 17.1 Å². The number of anilines is 3. The maximum absolute atomic E-state index is 11.8. The lowest BCUT2D eigenvalue weighted by Gasteiger charge is -2.11. The Morgan fingerprint density at radius 1 is 1.29 bits per heavy atom. The van der Waals surface area contributed by atoms with Gasteiger partial charge >= 0.3 is 5.97 Å². The van der Waals surface area contributed by atoms with E-state index in [0.717, 1.165) is 15.8 Å². The van der Waals surface area contributed by atoms with Crippen molar-refractivity contribution in [3.05, 3.63) is 51.5 Å². The van der Waals surface area contributed by atoms with Crippen LogP contribution in [-0.4, -0.2) is 12.6 Å². The Morgan fingerprint density at radius 3 is 2.62 bits per heavy atom. The van der Waals surface area contributed by atoms with Crippen LogP contribution in [-0.2, 0) is 4.74 Å². The molecule has 2 aromatic carbocycles. The van der Waals surface area contributed by atoms with Crippen LogP contribution in [0.1, 0.15) is 17.3 Å². The molecule has 0 fully saturated rings. The number of nitrogens with two attached hydrogens (primary N) is 1. The van der Waals surface area contributed by atoms with E-state index in [1.165, 1.54) is 0 Å². The third-order valence-corrected chi connectivity index (χ3v) is 3.99. The summed E-state index contributed by atoms with van der Waals surface area (Å²) in [7, 11) is 0. The molecule has 0 aromatic heterocycles. The average Bonchev–Trinajstić information content (AvgIpc) is 2.45. The molecule has 0 saturated heterocycles. The highest BCUT2D eigenvalue weighted by molar-refractivity contribution is 9.10. The van der Waals surface area contributed by atoms with E-state index in [1.54, 1.807) is 31.2 Å². The van der Waals surface area contributed by atoms with E-state index < -0.39 is 5.97 Å². The van der Waals surface area contributed by atoms with Gasteiger partial charge in [0.15, 0.2) is 0 Å². The van der Waals surface area contributed by atoms with Gasteiger partial charge in [0, 0.05) is 21.5 Å². The number of hydrogen-bond acceptors (Lipinski definition) is 4. The van der Waals surface area contributed by atoms with Gasteiger partial charge in [-0.25, -0.2) is 4.79 Å². The molecule has 0 bridgehead atoms. The predicted molar refractivity (Wildman–Crippen MR) is 89.2 cm³/mol. The monoisotopic (exact) mass is 368 g/mol. The zero-order chi connectivity index (χ0) is 15.4. The first-order valence-electron chi connectivity index (χ1n) is 6.30. The van der Waals surface area contributed by atoms with Crippen molar-refractivity contribution < 1.29 is 9.53 Å². The van der Waals surface area contributed by atoms with E-state index >= 15 is 0 Å². The van der Waals surface area contributed by atoms with Crippen molar-refractivity contribution in [1.29, 1.82) is 0 Å². The van der Waals surface area contributed by atoms with Gasteiger partial charge in [0.25, 0.3) is 0 Å². The van der Waals surface area contributed by atoms with Gasteiger partial charge in [-0.1, -0.05) is 11.6 Å². The van der Waals surface area contributed by atoms with Crippen LogP contribution in [0, 0.1) is 0 Å². The van der Waals surface area contributed by atoms with E-state index in [0.29, 0.717) is 22.9 Å². The van der Waals surface area contributed by atoms with Crippen molar-refractivity contribution in [3.8, 4) is 0 Å². The first-order chi connectivity index (χ1) is 10.0. The SMILES string of the molecule is CCOC(=O)c1cc(Nc2ccc(Br)c(Cl)c2)ccc1N. The fraction of sp³-hybridized carbons (Fsp3) is 0.133. The number of benzene rings is 2. The van der Waals surface area contributed by atoms with Crippen LogP contribution < -0.4 is 11.1 Å². The van der Waals surface area contributed by atoms with Gasteiger partial charge in [0.05, 0.1) is 17.2 Å². The summed E-state index contributed by atoms with van der Waals surface area (Å²) in [4.78, 5) is 11.8. The lowest BCUT2D eigenvalue weighted by Crippen LogP contribution is -2.08. The highest BCUT2D eigenvalue weighted by Gasteiger charge is 2.11. The Balaban J connectivity index is 2.26. The zero-order valence-electron chi connectivity index (χ0n) is 11.3. The second-order valence-corrected chi connectivity index (χ2v) is 5.54. The van der Waals surface area contributed by atoms with Gasteiger partial charge in [-0.05, 0) is 59.3 Å². The standard InChI is InChI=1S/C15H14BrClN2O2/c1-2-21-15(20)11-7-9(4-6-14(11)18)19-10-3-5-12(16)13(17)8-10/h3-8,19H,2,18H2,1H3. The van der Waals surface area contributed by atoms with Gasteiger partial charge < -0.3 is 15.8 Å². The minimum Gasteiger partial charge on any atom is -0.462 e. The van der Waals surface area contributed by atoms with Crippen molar-refractivity contribution in [2.24, 2.45) is 0 Å². The first kappa shape index (κ1) is 15.7. The minimum absolute atomic E-state index is 0.304. The summed E-state index contributed by atoms with van der Waals surface area (Å²) < 4.78 is 5.79. The van der Waals surface area contributed by atoms with Crippen molar-refractivity contribution in [1.82, 2.24) is 0 Å². The third-order valence-electron chi connectivity index (χ3n) is 2.76. The number of ether oxygens (including phenoxy) is 1. The molecule has 0 aliphatic carbocycles. The Bertz CT molecular complexity index is 677. The molecule has 0 radical (unpaired) electrons. The van der Waals surface area contributed by atoms with E-state index in [9.17, 15) is 4.79 Å². The summed E-state index contributed by atoms with van der Waals surface area (Å²) in [5.74, 6) is -0.438. The lowest BCUT2D eigenvalue weighted by molar-refractivity contribution is 0.0527. The molecular formula is C15H14BrClN2O2. The maximum atomic E-state index is 11.8.